The number of hydrogen-bond acceptors (Lipinski definition) is 2. The van der Waals surface area contributed by atoms with Crippen LogP contribution in [0.25, 0.3) is 0 Å². The predicted octanol–water partition coefficient (Wildman–Crippen LogP) is 2.83. The maximum atomic E-state index is 4.08. The van der Waals surface area contributed by atoms with Crippen molar-refractivity contribution < 1.29 is 0 Å². The largest absolute Gasteiger partial charge is 0.265 e. The molecule has 0 saturated carbocycles. The van der Waals surface area contributed by atoms with E-state index in [2.05, 4.69) is 16.6 Å². The van der Waals surface area contributed by atoms with Gasteiger partial charge in [-0.2, -0.15) is 0 Å². The Labute approximate surface area is 84.0 Å². The molecule has 0 aliphatic carbocycles. The SMILES string of the molecule is C=C\N=C/C=C\N=C\c1ccccc1. The first-order valence-corrected chi connectivity index (χ1v) is 4.31. The molecular formula is C12H12N2. The second-order valence-corrected chi connectivity index (χ2v) is 2.51. The molecule has 0 N–H and O–H groups in total. The van der Waals surface area contributed by atoms with Crippen molar-refractivity contribution in [1.29, 1.82) is 0 Å². The van der Waals surface area contributed by atoms with E-state index in [0.717, 1.165) is 5.56 Å². The fraction of sp³-hybridized carbons (Fsp3) is 0. The standard InChI is InChI=1S/C12H12N2/c1-2-13-9-6-10-14-11-12-7-4-3-5-8-12/h2-11H,1H2/b10-6-,13-9-,14-11+. The van der Waals surface area contributed by atoms with E-state index >= 15 is 0 Å². The van der Waals surface area contributed by atoms with Crippen LogP contribution in [0.5, 0.6) is 0 Å². The average Bonchev–Trinajstić information content (AvgIpc) is 2.25. The molecule has 0 aliphatic rings. The van der Waals surface area contributed by atoms with E-state index < -0.39 is 0 Å². The van der Waals surface area contributed by atoms with Gasteiger partial charge in [0.15, 0.2) is 0 Å². The summed E-state index contributed by atoms with van der Waals surface area (Å²) in [5.41, 5.74) is 1.08. The van der Waals surface area contributed by atoms with Crippen LogP contribution in [0.4, 0.5) is 0 Å². The minimum absolute atomic E-state index is 1.08. The van der Waals surface area contributed by atoms with Gasteiger partial charge in [-0.05, 0) is 11.6 Å². The Morgan fingerprint density at radius 2 is 1.86 bits per heavy atom. The molecule has 0 unspecified atom stereocenters. The van der Waals surface area contributed by atoms with E-state index in [4.69, 9.17) is 0 Å². The summed E-state index contributed by atoms with van der Waals surface area (Å²) in [7, 11) is 0. The van der Waals surface area contributed by atoms with Crippen molar-refractivity contribution in [3.8, 4) is 0 Å². The van der Waals surface area contributed by atoms with Gasteiger partial charge >= 0.3 is 0 Å². The predicted molar refractivity (Wildman–Crippen MR) is 61.9 cm³/mol. The van der Waals surface area contributed by atoms with Gasteiger partial charge in [-0.25, -0.2) is 0 Å². The van der Waals surface area contributed by atoms with Gasteiger partial charge < -0.3 is 0 Å². The second kappa shape index (κ2) is 6.54. The van der Waals surface area contributed by atoms with Gasteiger partial charge in [0, 0.05) is 24.8 Å². The Hall–Kier alpha value is -1.96. The van der Waals surface area contributed by atoms with Gasteiger partial charge in [-0.3, -0.25) is 9.98 Å². The summed E-state index contributed by atoms with van der Waals surface area (Å²) in [6.45, 7) is 3.46. The zero-order chi connectivity index (χ0) is 10.1. The number of allylic oxidation sites excluding steroid dienone is 1. The molecule has 0 radical (unpaired) electrons. The summed E-state index contributed by atoms with van der Waals surface area (Å²) in [6, 6.07) is 9.92. The highest BCUT2D eigenvalue weighted by Gasteiger charge is 1.80. The van der Waals surface area contributed by atoms with Gasteiger partial charge in [0.2, 0.25) is 0 Å². The first-order valence-electron chi connectivity index (χ1n) is 4.31. The second-order valence-electron chi connectivity index (χ2n) is 2.51. The summed E-state index contributed by atoms with van der Waals surface area (Å²) in [5.74, 6) is 0. The summed E-state index contributed by atoms with van der Waals surface area (Å²) < 4.78 is 0. The third-order valence-electron chi connectivity index (χ3n) is 1.47. The molecule has 2 heteroatoms. The van der Waals surface area contributed by atoms with Crippen molar-refractivity contribution in [2.24, 2.45) is 9.98 Å². The fourth-order valence-corrected chi connectivity index (χ4v) is 0.867. The van der Waals surface area contributed by atoms with Crippen molar-refractivity contribution in [3.63, 3.8) is 0 Å². The van der Waals surface area contributed by atoms with E-state index in [1.54, 1.807) is 24.7 Å². The van der Waals surface area contributed by atoms with Crippen molar-refractivity contribution in [2.45, 2.75) is 0 Å². The van der Waals surface area contributed by atoms with Crippen LogP contribution >= 0.6 is 0 Å². The Kier molecular flexibility index (Phi) is 4.73. The molecule has 1 aromatic rings. The van der Waals surface area contributed by atoms with Crippen LogP contribution in [-0.4, -0.2) is 12.4 Å². The highest BCUT2D eigenvalue weighted by Crippen LogP contribution is 1.93. The van der Waals surface area contributed by atoms with Gasteiger partial charge in [0.1, 0.15) is 0 Å². The Balaban J connectivity index is 2.45. The third kappa shape index (κ3) is 4.16. The molecule has 2 nitrogen and oxygen atoms in total. The molecule has 0 bridgehead atoms. The molecule has 0 atom stereocenters. The fourth-order valence-electron chi connectivity index (χ4n) is 0.867. The highest BCUT2D eigenvalue weighted by molar-refractivity contribution is 5.80. The maximum Gasteiger partial charge on any atom is 0.0340 e. The molecule has 0 fully saturated rings. The number of hydrogen-bond donors (Lipinski definition) is 0. The van der Waals surface area contributed by atoms with Crippen LogP contribution in [0.15, 0.2) is 65.4 Å². The third-order valence-corrected chi connectivity index (χ3v) is 1.47. The molecule has 0 aliphatic heterocycles. The van der Waals surface area contributed by atoms with Gasteiger partial charge in [0.05, 0.1) is 0 Å². The smallest absolute Gasteiger partial charge is 0.0340 e. The van der Waals surface area contributed by atoms with Crippen molar-refractivity contribution >= 4 is 12.4 Å². The lowest BCUT2D eigenvalue weighted by Crippen LogP contribution is -1.76. The van der Waals surface area contributed by atoms with Gasteiger partial charge in [-0.15, -0.1) is 0 Å². The summed E-state index contributed by atoms with van der Waals surface area (Å²) in [5, 5.41) is 0. The molecule has 0 amide bonds. The topological polar surface area (TPSA) is 24.7 Å². The van der Waals surface area contributed by atoms with Crippen LogP contribution in [0.1, 0.15) is 5.56 Å². The number of benzene rings is 1. The number of nitrogens with zero attached hydrogens (tertiary/aromatic N) is 2. The molecule has 14 heavy (non-hydrogen) atoms. The summed E-state index contributed by atoms with van der Waals surface area (Å²) in [4.78, 5) is 7.88. The number of rotatable bonds is 4. The first kappa shape index (κ1) is 10.1. The number of aliphatic imine (C=N–C) groups is 2. The lowest BCUT2D eigenvalue weighted by atomic mass is 10.2. The summed E-state index contributed by atoms with van der Waals surface area (Å²) >= 11 is 0. The monoisotopic (exact) mass is 184 g/mol. The maximum absolute atomic E-state index is 4.08. The zero-order valence-electron chi connectivity index (χ0n) is 7.88. The molecular weight excluding hydrogens is 172 g/mol. The van der Waals surface area contributed by atoms with E-state index in [9.17, 15) is 0 Å². The van der Waals surface area contributed by atoms with Crippen molar-refractivity contribution in [2.75, 3.05) is 0 Å². The quantitative estimate of drug-likeness (QED) is 0.643. The van der Waals surface area contributed by atoms with E-state index in [0.29, 0.717) is 0 Å². The molecule has 0 spiro atoms. The lowest BCUT2D eigenvalue weighted by Gasteiger charge is -1.87. The molecule has 0 aromatic heterocycles. The Morgan fingerprint density at radius 1 is 1.07 bits per heavy atom. The first-order chi connectivity index (χ1) is 6.93. The van der Waals surface area contributed by atoms with Crippen LogP contribution in [-0.2, 0) is 0 Å². The zero-order valence-corrected chi connectivity index (χ0v) is 7.88. The minimum Gasteiger partial charge on any atom is -0.265 e. The Morgan fingerprint density at radius 3 is 2.57 bits per heavy atom. The van der Waals surface area contributed by atoms with Gasteiger partial charge in [-0.1, -0.05) is 36.9 Å². The van der Waals surface area contributed by atoms with Crippen LogP contribution in [0.2, 0.25) is 0 Å². The average molecular weight is 184 g/mol. The molecule has 70 valence electrons. The lowest BCUT2D eigenvalue weighted by molar-refractivity contribution is 1.56. The van der Waals surface area contributed by atoms with Crippen molar-refractivity contribution in [3.05, 3.63) is 61.0 Å². The highest BCUT2D eigenvalue weighted by atomic mass is 14.7. The molecule has 1 rings (SSSR count). The van der Waals surface area contributed by atoms with E-state index in [-0.39, 0.29) is 0 Å². The molecule has 0 heterocycles. The normalized spacial score (nSPS) is 11.7. The molecule has 0 saturated heterocycles. The van der Waals surface area contributed by atoms with Crippen LogP contribution in [0.3, 0.4) is 0 Å². The van der Waals surface area contributed by atoms with Crippen LogP contribution in [0, 0.1) is 0 Å². The molecule has 1 aromatic carbocycles. The summed E-state index contributed by atoms with van der Waals surface area (Å²) in [6.07, 6.45) is 8.33. The van der Waals surface area contributed by atoms with Crippen molar-refractivity contribution in [1.82, 2.24) is 0 Å². The van der Waals surface area contributed by atoms with Crippen LogP contribution < -0.4 is 0 Å². The van der Waals surface area contributed by atoms with E-state index in [1.807, 2.05) is 30.3 Å². The minimum atomic E-state index is 1.08. The van der Waals surface area contributed by atoms with E-state index in [1.165, 1.54) is 6.20 Å². The van der Waals surface area contributed by atoms with Gasteiger partial charge in [0.25, 0.3) is 0 Å². The Bertz CT molecular complexity index is 348.